The summed E-state index contributed by atoms with van der Waals surface area (Å²) in [5.41, 5.74) is 2.41. The second-order valence-corrected chi connectivity index (χ2v) is 7.06. The van der Waals surface area contributed by atoms with Crippen molar-refractivity contribution in [3.63, 3.8) is 0 Å². The van der Waals surface area contributed by atoms with Gasteiger partial charge < -0.3 is 5.32 Å². The molecule has 0 aliphatic carbocycles. The predicted octanol–water partition coefficient (Wildman–Crippen LogP) is 3.90. The summed E-state index contributed by atoms with van der Waals surface area (Å²) in [4.78, 5) is 1.30. The van der Waals surface area contributed by atoms with Crippen molar-refractivity contribution in [1.82, 2.24) is 15.1 Å². The molecular formula is C16H22BrN3S. The molecule has 2 aromatic rings. The summed E-state index contributed by atoms with van der Waals surface area (Å²) in [6.45, 7) is 5.13. The zero-order valence-corrected chi connectivity index (χ0v) is 15.2. The fourth-order valence-corrected chi connectivity index (χ4v) is 3.53. The van der Waals surface area contributed by atoms with Crippen molar-refractivity contribution in [2.24, 2.45) is 0 Å². The highest BCUT2D eigenvalue weighted by molar-refractivity contribution is 9.10. The van der Waals surface area contributed by atoms with Gasteiger partial charge in [-0.1, -0.05) is 15.9 Å². The highest BCUT2D eigenvalue weighted by Gasteiger charge is 2.12. The second kappa shape index (κ2) is 8.01. The van der Waals surface area contributed by atoms with E-state index in [9.17, 15) is 0 Å². The molecule has 1 heterocycles. The van der Waals surface area contributed by atoms with Crippen LogP contribution in [0.4, 0.5) is 0 Å². The van der Waals surface area contributed by atoms with Gasteiger partial charge in [-0.15, -0.1) is 11.8 Å². The number of rotatable bonds is 7. The number of hydrogen-bond donors (Lipinski definition) is 1. The van der Waals surface area contributed by atoms with Crippen LogP contribution in [-0.2, 0) is 13.0 Å². The molecule has 0 saturated carbocycles. The van der Waals surface area contributed by atoms with Gasteiger partial charge in [-0.2, -0.15) is 5.10 Å². The third-order valence-electron chi connectivity index (χ3n) is 3.41. The molecule has 1 aromatic carbocycles. The van der Waals surface area contributed by atoms with E-state index in [-0.39, 0.29) is 0 Å². The molecule has 0 bridgehead atoms. The van der Waals surface area contributed by atoms with E-state index in [4.69, 9.17) is 0 Å². The average Bonchev–Trinajstić information content (AvgIpc) is 2.85. The van der Waals surface area contributed by atoms with E-state index in [1.54, 1.807) is 0 Å². The maximum absolute atomic E-state index is 4.52. The Morgan fingerprint density at radius 1 is 1.33 bits per heavy atom. The van der Waals surface area contributed by atoms with Crippen molar-refractivity contribution >= 4 is 27.7 Å². The molecule has 1 atom stereocenters. The zero-order valence-electron chi connectivity index (χ0n) is 12.8. The topological polar surface area (TPSA) is 29.9 Å². The Bertz CT molecular complexity index is 565. The quantitative estimate of drug-likeness (QED) is 0.752. The number of likely N-dealkylation sites (N-methyl/N-ethyl adjacent to an activating group) is 1. The first-order valence-corrected chi connectivity index (χ1v) is 8.99. The summed E-state index contributed by atoms with van der Waals surface area (Å²) in [6, 6.07) is 11.1. The van der Waals surface area contributed by atoms with Crippen molar-refractivity contribution in [2.45, 2.75) is 37.8 Å². The number of nitrogens with one attached hydrogen (secondary N) is 1. The van der Waals surface area contributed by atoms with Crippen LogP contribution in [0.25, 0.3) is 0 Å². The normalized spacial score (nSPS) is 12.6. The van der Waals surface area contributed by atoms with Crippen LogP contribution >= 0.6 is 27.7 Å². The fraction of sp³-hybridized carbons (Fsp3) is 0.438. The molecule has 5 heteroatoms. The molecule has 0 radical (unpaired) electrons. The van der Waals surface area contributed by atoms with Crippen LogP contribution in [0.5, 0.6) is 0 Å². The third-order valence-corrected chi connectivity index (χ3v) is 5.12. The largest absolute Gasteiger partial charge is 0.316 e. The molecule has 3 nitrogen and oxygen atoms in total. The van der Waals surface area contributed by atoms with Crippen molar-refractivity contribution in [3.05, 3.63) is 46.2 Å². The van der Waals surface area contributed by atoms with E-state index in [0.29, 0.717) is 6.04 Å². The lowest BCUT2D eigenvalue weighted by Crippen LogP contribution is -2.31. The van der Waals surface area contributed by atoms with E-state index >= 15 is 0 Å². The lowest BCUT2D eigenvalue weighted by atomic mass is 10.2. The molecule has 0 aliphatic heterocycles. The summed E-state index contributed by atoms with van der Waals surface area (Å²) >= 11 is 5.36. The molecule has 0 saturated heterocycles. The zero-order chi connectivity index (χ0) is 15.2. The molecule has 1 aromatic heterocycles. The van der Waals surface area contributed by atoms with Crippen LogP contribution in [0.1, 0.15) is 18.3 Å². The Labute approximate surface area is 139 Å². The van der Waals surface area contributed by atoms with E-state index in [1.807, 2.05) is 18.8 Å². The van der Waals surface area contributed by atoms with Crippen LogP contribution < -0.4 is 5.32 Å². The monoisotopic (exact) mass is 367 g/mol. The predicted molar refractivity (Wildman–Crippen MR) is 94.1 cm³/mol. The van der Waals surface area contributed by atoms with Crippen LogP contribution in [0, 0.1) is 6.92 Å². The average molecular weight is 368 g/mol. The smallest absolute Gasteiger partial charge is 0.0596 e. The highest BCUT2D eigenvalue weighted by atomic mass is 79.9. The molecule has 2 rings (SSSR count). The summed E-state index contributed by atoms with van der Waals surface area (Å²) in [7, 11) is 2.03. The first kappa shape index (κ1) is 16.6. The van der Waals surface area contributed by atoms with Gasteiger partial charge in [-0.3, -0.25) is 4.68 Å². The maximum atomic E-state index is 4.52. The Morgan fingerprint density at radius 3 is 2.67 bits per heavy atom. The SMILES string of the molecule is CCn1nc(C)cc1CC(CSc1ccc(Br)cc1)NC. The number of aromatic nitrogens is 2. The van der Waals surface area contributed by atoms with Crippen molar-refractivity contribution in [2.75, 3.05) is 12.8 Å². The minimum atomic E-state index is 0.444. The standard InChI is InChI=1S/C16H22BrN3S/c1-4-20-15(9-12(2)19-20)10-14(18-3)11-21-16-7-5-13(17)6-8-16/h5-9,14,18H,4,10-11H2,1-3H3. The Morgan fingerprint density at radius 2 is 2.05 bits per heavy atom. The van der Waals surface area contributed by atoms with Crippen molar-refractivity contribution in [3.8, 4) is 0 Å². The van der Waals surface area contributed by atoms with Crippen molar-refractivity contribution < 1.29 is 0 Å². The van der Waals surface area contributed by atoms with Gasteiger partial charge in [0.15, 0.2) is 0 Å². The molecular weight excluding hydrogens is 346 g/mol. The number of aryl methyl sites for hydroxylation is 2. The first-order valence-electron chi connectivity index (χ1n) is 7.21. The van der Waals surface area contributed by atoms with E-state index in [1.165, 1.54) is 10.6 Å². The van der Waals surface area contributed by atoms with Gasteiger partial charge in [0.1, 0.15) is 0 Å². The number of halogens is 1. The Balaban J connectivity index is 1.95. The third kappa shape index (κ3) is 4.87. The lowest BCUT2D eigenvalue weighted by Gasteiger charge is -2.16. The minimum absolute atomic E-state index is 0.444. The number of hydrogen-bond acceptors (Lipinski definition) is 3. The van der Waals surface area contributed by atoms with Crippen LogP contribution in [0.15, 0.2) is 39.7 Å². The summed E-state index contributed by atoms with van der Waals surface area (Å²) < 4.78 is 3.23. The van der Waals surface area contributed by atoms with Crippen LogP contribution in [-0.4, -0.2) is 28.6 Å². The molecule has 21 heavy (non-hydrogen) atoms. The minimum Gasteiger partial charge on any atom is -0.316 e. The molecule has 0 spiro atoms. The van der Waals surface area contributed by atoms with E-state index in [2.05, 4.69) is 75.2 Å². The molecule has 0 fully saturated rings. The molecule has 0 aliphatic rings. The Kier molecular flexibility index (Phi) is 6.33. The van der Waals surface area contributed by atoms with E-state index < -0.39 is 0 Å². The number of thioether (sulfide) groups is 1. The highest BCUT2D eigenvalue weighted by Crippen LogP contribution is 2.22. The van der Waals surface area contributed by atoms with Gasteiger partial charge in [0.05, 0.1) is 5.69 Å². The maximum Gasteiger partial charge on any atom is 0.0596 e. The molecule has 114 valence electrons. The van der Waals surface area contributed by atoms with Gasteiger partial charge in [0, 0.05) is 39.8 Å². The fourth-order valence-electron chi connectivity index (χ4n) is 2.26. The van der Waals surface area contributed by atoms with Gasteiger partial charge >= 0.3 is 0 Å². The molecule has 1 N–H and O–H groups in total. The first-order chi connectivity index (χ1) is 10.1. The van der Waals surface area contributed by atoms with Gasteiger partial charge in [-0.05, 0) is 51.2 Å². The number of benzene rings is 1. The van der Waals surface area contributed by atoms with Crippen molar-refractivity contribution in [1.29, 1.82) is 0 Å². The van der Waals surface area contributed by atoms with Gasteiger partial charge in [0.25, 0.3) is 0 Å². The molecule has 0 amide bonds. The number of nitrogens with zero attached hydrogens (tertiary/aromatic N) is 2. The van der Waals surface area contributed by atoms with Gasteiger partial charge in [-0.25, -0.2) is 0 Å². The molecule has 1 unspecified atom stereocenters. The second-order valence-electron chi connectivity index (χ2n) is 5.05. The van der Waals surface area contributed by atoms with Crippen LogP contribution in [0.2, 0.25) is 0 Å². The van der Waals surface area contributed by atoms with Crippen LogP contribution in [0.3, 0.4) is 0 Å². The Hall–Kier alpha value is -0.780. The summed E-state index contributed by atoms with van der Waals surface area (Å²) in [5.74, 6) is 1.05. The van der Waals surface area contributed by atoms with E-state index in [0.717, 1.165) is 28.9 Å². The summed E-state index contributed by atoms with van der Waals surface area (Å²) in [5, 5.41) is 7.94. The summed E-state index contributed by atoms with van der Waals surface area (Å²) in [6.07, 6.45) is 1.01. The lowest BCUT2D eigenvalue weighted by molar-refractivity contribution is 0.556. The van der Waals surface area contributed by atoms with Gasteiger partial charge in [0.2, 0.25) is 0 Å².